The van der Waals surface area contributed by atoms with Crippen molar-refractivity contribution >= 4 is 0 Å². The summed E-state index contributed by atoms with van der Waals surface area (Å²) in [6, 6.07) is 8.89. The summed E-state index contributed by atoms with van der Waals surface area (Å²) in [5, 5.41) is 0. The molecule has 0 saturated carbocycles. The molecule has 2 aromatic carbocycles. The van der Waals surface area contributed by atoms with E-state index in [4.69, 9.17) is 10.5 Å². The Balaban J connectivity index is 2.36. The molecule has 0 amide bonds. The topological polar surface area (TPSA) is 35.2 Å². The van der Waals surface area contributed by atoms with Gasteiger partial charge in [-0.05, 0) is 24.6 Å². The summed E-state index contributed by atoms with van der Waals surface area (Å²) in [6.07, 6.45) is 0. The maximum Gasteiger partial charge on any atom is 0.167 e. The van der Waals surface area contributed by atoms with E-state index in [0.717, 1.165) is 0 Å². The Kier molecular flexibility index (Phi) is 3.58. The molecule has 0 fully saturated rings. The second kappa shape index (κ2) is 5.14. The molecule has 0 bridgehead atoms. The average Bonchev–Trinajstić information content (AvgIpc) is 2.36. The van der Waals surface area contributed by atoms with Crippen molar-refractivity contribution in [1.29, 1.82) is 0 Å². The van der Waals surface area contributed by atoms with Crippen LogP contribution in [0.2, 0.25) is 0 Å². The van der Waals surface area contributed by atoms with Crippen molar-refractivity contribution in [2.75, 3.05) is 0 Å². The van der Waals surface area contributed by atoms with Gasteiger partial charge in [-0.2, -0.15) is 0 Å². The van der Waals surface area contributed by atoms with Crippen molar-refractivity contribution in [2.24, 2.45) is 5.73 Å². The Labute approximate surface area is 104 Å². The number of ether oxygens (including phenoxy) is 1. The third-order valence-corrected chi connectivity index (χ3v) is 2.63. The molecule has 0 aliphatic carbocycles. The van der Waals surface area contributed by atoms with E-state index in [9.17, 15) is 8.78 Å². The fourth-order valence-electron chi connectivity index (χ4n) is 1.58. The van der Waals surface area contributed by atoms with E-state index in [1.54, 1.807) is 31.2 Å². The first-order chi connectivity index (χ1) is 8.61. The predicted octanol–water partition coefficient (Wildman–Crippen LogP) is 3.52. The molecule has 2 rings (SSSR count). The van der Waals surface area contributed by atoms with Gasteiger partial charge >= 0.3 is 0 Å². The second-order valence-corrected chi connectivity index (χ2v) is 3.95. The number of rotatable bonds is 3. The van der Waals surface area contributed by atoms with Crippen LogP contribution in [0.5, 0.6) is 11.5 Å². The molecular formula is C14H13F2NO. The van der Waals surface area contributed by atoms with E-state index in [1.807, 2.05) is 0 Å². The SMILES string of the molecule is Cc1ccc(Oc2c(F)cccc2CN)cc1F. The van der Waals surface area contributed by atoms with Crippen LogP contribution in [0.1, 0.15) is 11.1 Å². The molecule has 0 aromatic heterocycles. The van der Waals surface area contributed by atoms with Crippen molar-refractivity contribution in [3.05, 3.63) is 59.2 Å². The molecule has 0 unspecified atom stereocenters. The molecule has 4 heteroatoms. The molecule has 18 heavy (non-hydrogen) atoms. The molecule has 0 heterocycles. The van der Waals surface area contributed by atoms with Crippen molar-refractivity contribution in [2.45, 2.75) is 13.5 Å². The number of para-hydroxylation sites is 1. The first-order valence-electron chi connectivity index (χ1n) is 5.53. The molecule has 94 valence electrons. The van der Waals surface area contributed by atoms with Crippen LogP contribution in [0.3, 0.4) is 0 Å². The largest absolute Gasteiger partial charge is 0.454 e. The summed E-state index contributed by atoms with van der Waals surface area (Å²) in [4.78, 5) is 0. The molecular weight excluding hydrogens is 236 g/mol. The molecule has 0 saturated heterocycles. The van der Waals surface area contributed by atoms with Crippen LogP contribution in [-0.4, -0.2) is 0 Å². The highest BCUT2D eigenvalue weighted by Crippen LogP contribution is 2.29. The lowest BCUT2D eigenvalue weighted by molar-refractivity contribution is 0.433. The minimum absolute atomic E-state index is 0.0447. The van der Waals surface area contributed by atoms with Gasteiger partial charge in [-0.25, -0.2) is 8.78 Å². The number of halogens is 2. The third kappa shape index (κ3) is 2.49. The highest BCUT2D eigenvalue weighted by Gasteiger charge is 2.10. The van der Waals surface area contributed by atoms with Crippen LogP contribution in [0.15, 0.2) is 36.4 Å². The lowest BCUT2D eigenvalue weighted by Gasteiger charge is -2.11. The fraction of sp³-hybridized carbons (Fsp3) is 0.143. The number of hydrogen-bond acceptors (Lipinski definition) is 2. The van der Waals surface area contributed by atoms with Crippen LogP contribution in [0.4, 0.5) is 8.78 Å². The Morgan fingerprint density at radius 3 is 2.56 bits per heavy atom. The molecule has 0 atom stereocenters. The van der Waals surface area contributed by atoms with Gasteiger partial charge in [-0.1, -0.05) is 18.2 Å². The Morgan fingerprint density at radius 2 is 1.89 bits per heavy atom. The Hall–Kier alpha value is -1.94. The monoisotopic (exact) mass is 249 g/mol. The molecule has 2 N–H and O–H groups in total. The third-order valence-electron chi connectivity index (χ3n) is 2.63. The second-order valence-electron chi connectivity index (χ2n) is 3.95. The Bertz CT molecular complexity index is 570. The zero-order valence-electron chi connectivity index (χ0n) is 9.91. The lowest BCUT2D eigenvalue weighted by atomic mass is 10.2. The lowest BCUT2D eigenvalue weighted by Crippen LogP contribution is -2.01. The van der Waals surface area contributed by atoms with Gasteiger partial charge in [0.15, 0.2) is 11.6 Å². The minimum Gasteiger partial charge on any atom is -0.454 e. The van der Waals surface area contributed by atoms with Gasteiger partial charge in [0.2, 0.25) is 0 Å². The van der Waals surface area contributed by atoms with Crippen LogP contribution in [0.25, 0.3) is 0 Å². The van der Waals surface area contributed by atoms with E-state index in [1.165, 1.54) is 12.1 Å². The standard InChI is InChI=1S/C14H13F2NO/c1-9-5-6-11(7-13(9)16)18-14-10(8-17)3-2-4-12(14)15/h2-7H,8,17H2,1H3. The summed E-state index contributed by atoms with van der Waals surface area (Å²) in [5.41, 5.74) is 6.55. The highest BCUT2D eigenvalue weighted by atomic mass is 19.1. The molecule has 2 aromatic rings. The number of nitrogens with two attached hydrogens (primary N) is 1. The van der Waals surface area contributed by atoms with E-state index in [0.29, 0.717) is 11.1 Å². The molecule has 0 aliphatic rings. The van der Waals surface area contributed by atoms with Gasteiger partial charge in [0, 0.05) is 18.2 Å². The quantitative estimate of drug-likeness (QED) is 0.903. The maximum absolute atomic E-state index is 13.6. The van der Waals surface area contributed by atoms with Gasteiger partial charge < -0.3 is 10.5 Å². The zero-order valence-corrected chi connectivity index (χ0v) is 9.91. The van der Waals surface area contributed by atoms with Gasteiger partial charge in [0.1, 0.15) is 11.6 Å². The summed E-state index contributed by atoms with van der Waals surface area (Å²) >= 11 is 0. The summed E-state index contributed by atoms with van der Waals surface area (Å²) in [6.45, 7) is 1.80. The van der Waals surface area contributed by atoms with E-state index >= 15 is 0 Å². The first kappa shape index (κ1) is 12.5. The highest BCUT2D eigenvalue weighted by molar-refractivity contribution is 5.39. The summed E-state index contributed by atoms with van der Waals surface area (Å²) < 4.78 is 32.4. The molecule has 0 radical (unpaired) electrons. The molecule has 2 nitrogen and oxygen atoms in total. The smallest absolute Gasteiger partial charge is 0.167 e. The summed E-state index contributed by atoms with van der Waals surface area (Å²) in [7, 11) is 0. The average molecular weight is 249 g/mol. The van der Waals surface area contributed by atoms with Gasteiger partial charge in [-0.15, -0.1) is 0 Å². The summed E-state index contributed by atoms with van der Waals surface area (Å²) in [5.74, 6) is -0.613. The first-order valence-corrected chi connectivity index (χ1v) is 5.53. The van der Waals surface area contributed by atoms with E-state index in [2.05, 4.69) is 0 Å². The molecule has 0 aliphatic heterocycles. The zero-order chi connectivity index (χ0) is 13.1. The minimum atomic E-state index is -0.515. The van der Waals surface area contributed by atoms with Crippen LogP contribution < -0.4 is 10.5 Å². The maximum atomic E-state index is 13.6. The van der Waals surface area contributed by atoms with Gasteiger partial charge in [0.25, 0.3) is 0 Å². The van der Waals surface area contributed by atoms with E-state index < -0.39 is 11.6 Å². The van der Waals surface area contributed by atoms with Crippen molar-refractivity contribution in [1.82, 2.24) is 0 Å². The van der Waals surface area contributed by atoms with E-state index in [-0.39, 0.29) is 18.0 Å². The predicted molar refractivity (Wildman–Crippen MR) is 65.5 cm³/mol. The van der Waals surface area contributed by atoms with Gasteiger partial charge in [-0.3, -0.25) is 0 Å². The van der Waals surface area contributed by atoms with Crippen LogP contribution >= 0.6 is 0 Å². The number of benzene rings is 2. The van der Waals surface area contributed by atoms with Crippen molar-refractivity contribution in [3.8, 4) is 11.5 Å². The van der Waals surface area contributed by atoms with Crippen LogP contribution in [-0.2, 0) is 6.54 Å². The van der Waals surface area contributed by atoms with Crippen molar-refractivity contribution < 1.29 is 13.5 Å². The van der Waals surface area contributed by atoms with Gasteiger partial charge in [0.05, 0.1) is 0 Å². The van der Waals surface area contributed by atoms with Crippen molar-refractivity contribution in [3.63, 3.8) is 0 Å². The fourth-order valence-corrected chi connectivity index (χ4v) is 1.58. The number of hydrogen-bond donors (Lipinski definition) is 1. The Morgan fingerprint density at radius 1 is 1.11 bits per heavy atom. The normalized spacial score (nSPS) is 10.4. The molecule has 0 spiro atoms. The number of aryl methyl sites for hydroxylation is 1. The van der Waals surface area contributed by atoms with Crippen LogP contribution in [0, 0.1) is 18.6 Å².